The Kier molecular flexibility index (Phi) is 6.28. The third-order valence-electron chi connectivity index (χ3n) is 5.68. The molecule has 0 bridgehead atoms. The minimum absolute atomic E-state index is 0.277. The van der Waals surface area contributed by atoms with Gasteiger partial charge in [-0.1, -0.05) is 17.7 Å². The van der Waals surface area contributed by atoms with E-state index in [2.05, 4.69) is 32.8 Å². The van der Waals surface area contributed by atoms with Crippen LogP contribution >= 0.6 is 27.5 Å². The molecular formula is C22H25BrClN3O2S. The maximum Gasteiger partial charge on any atom is 0.269 e. The lowest BCUT2D eigenvalue weighted by Gasteiger charge is -2.21. The van der Waals surface area contributed by atoms with Gasteiger partial charge < -0.3 is 4.90 Å². The second kappa shape index (κ2) is 8.63. The van der Waals surface area contributed by atoms with Crippen molar-refractivity contribution in [2.24, 2.45) is 0 Å². The van der Waals surface area contributed by atoms with Crippen LogP contribution in [0.3, 0.4) is 0 Å². The highest BCUT2D eigenvalue weighted by Gasteiger charge is 2.24. The van der Waals surface area contributed by atoms with E-state index in [9.17, 15) is 8.42 Å². The molecule has 3 aromatic rings. The molecule has 0 aliphatic carbocycles. The summed E-state index contributed by atoms with van der Waals surface area (Å²) in [6, 6.07) is 10.9. The van der Waals surface area contributed by atoms with Gasteiger partial charge in [-0.15, -0.1) is 0 Å². The van der Waals surface area contributed by atoms with E-state index in [-0.39, 0.29) is 4.90 Å². The summed E-state index contributed by atoms with van der Waals surface area (Å²) in [4.78, 5) is 5.00. The SMILES string of the molecule is Cc1cn(S(=O)(=O)c2cc(CN3CCCN(C)CC3)ccc2Br)c2ccc(Cl)cc12. The van der Waals surface area contributed by atoms with Gasteiger partial charge >= 0.3 is 0 Å². The van der Waals surface area contributed by atoms with Crippen LogP contribution in [0.25, 0.3) is 10.9 Å². The van der Waals surface area contributed by atoms with Gasteiger partial charge in [0.2, 0.25) is 0 Å². The maximum atomic E-state index is 13.6. The normalized spacial score (nSPS) is 16.8. The standard InChI is InChI=1S/C22H25BrClN3O2S/c1-16-14-27(21-7-5-18(24)13-19(16)21)30(28,29)22-12-17(4-6-20(22)23)15-26-9-3-8-25(2)10-11-26/h4-7,12-14H,3,8-11,15H2,1-2H3. The van der Waals surface area contributed by atoms with Crippen molar-refractivity contribution in [3.63, 3.8) is 0 Å². The Labute approximate surface area is 191 Å². The van der Waals surface area contributed by atoms with Crippen molar-refractivity contribution < 1.29 is 8.42 Å². The van der Waals surface area contributed by atoms with Crippen molar-refractivity contribution >= 4 is 48.5 Å². The average Bonchev–Trinajstić information content (AvgIpc) is 2.89. The number of halogens is 2. The van der Waals surface area contributed by atoms with Crippen molar-refractivity contribution in [3.8, 4) is 0 Å². The van der Waals surface area contributed by atoms with Crippen LogP contribution in [0, 0.1) is 6.92 Å². The molecule has 0 atom stereocenters. The molecule has 5 nitrogen and oxygen atoms in total. The molecule has 160 valence electrons. The first-order chi connectivity index (χ1) is 14.3. The molecule has 0 saturated carbocycles. The number of fused-ring (bicyclic) bond motifs is 1. The lowest BCUT2D eigenvalue weighted by atomic mass is 10.2. The van der Waals surface area contributed by atoms with E-state index < -0.39 is 10.0 Å². The fraction of sp³-hybridized carbons (Fsp3) is 0.364. The van der Waals surface area contributed by atoms with Gasteiger partial charge in [0.15, 0.2) is 0 Å². The molecule has 1 fully saturated rings. The molecule has 0 N–H and O–H groups in total. The molecule has 0 amide bonds. The van der Waals surface area contributed by atoms with Crippen LogP contribution in [0.5, 0.6) is 0 Å². The van der Waals surface area contributed by atoms with Crippen LogP contribution in [0.2, 0.25) is 5.02 Å². The van der Waals surface area contributed by atoms with Crippen LogP contribution in [0.4, 0.5) is 0 Å². The molecule has 1 aromatic heterocycles. The molecule has 1 aliphatic heterocycles. The summed E-state index contributed by atoms with van der Waals surface area (Å²) < 4.78 is 29.1. The molecule has 30 heavy (non-hydrogen) atoms. The number of hydrogen-bond acceptors (Lipinski definition) is 4. The van der Waals surface area contributed by atoms with Crippen LogP contribution < -0.4 is 0 Å². The molecule has 4 rings (SSSR count). The molecule has 2 aromatic carbocycles. The summed E-state index contributed by atoms with van der Waals surface area (Å²) in [5.74, 6) is 0. The van der Waals surface area contributed by atoms with E-state index >= 15 is 0 Å². The van der Waals surface area contributed by atoms with Crippen LogP contribution in [0.1, 0.15) is 17.5 Å². The Hall–Kier alpha value is -1.38. The lowest BCUT2D eigenvalue weighted by molar-refractivity contribution is 0.269. The smallest absolute Gasteiger partial charge is 0.269 e. The van der Waals surface area contributed by atoms with Gasteiger partial charge in [-0.3, -0.25) is 4.90 Å². The Balaban J connectivity index is 1.70. The first-order valence-electron chi connectivity index (χ1n) is 9.98. The zero-order valence-corrected chi connectivity index (χ0v) is 20.3. The zero-order chi connectivity index (χ0) is 21.5. The average molecular weight is 511 g/mol. The largest absolute Gasteiger partial charge is 0.305 e. The predicted octanol–water partition coefficient (Wildman–Crippen LogP) is 4.74. The molecule has 1 aliphatic rings. The molecule has 0 radical (unpaired) electrons. The number of aromatic nitrogens is 1. The molecule has 1 saturated heterocycles. The fourth-order valence-corrected chi connectivity index (χ4v) is 6.57. The van der Waals surface area contributed by atoms with Crippen molar-refractivity contribution in [1.29, 1.82) is 0 Å². The zero-order valence-electron chi connectivity index (χ0n) is 17.1. The third kappa shape index (κ3) is 4.32. The number of hydrogen-bond donors (Lipinski definition) is 0. The minimum Gasteiger partial charge on any atom is -0.305 e. The number of nitrogens with zero attached hydrogens (tertiary/aromatic N) is 3. The molecule has 0 spiro atoms. The molecular weight excluding hydrogens is 486 g/mol. The number of likely N-dealkylation sites (N-methyl/N-ethyl adjacent to an activating group) is 1. The summed E-state index contributed by atoms with van der Waals surface area (Å²) in [5, 5.41) is 1.43. The second-order valence-electron chi connectivity index (χ2n) is 7.97. The minimum atomic E-state index is -3.77. The highest BCUT2D eigenvalue weighted by atomic mass is 79.9. The Morgan fingerprint density at radius 2 is 1.87 bits per heavy atom. The highest BCUT2D eigenvalue weighted by molar-refractivity contribution is 9.10. The highest BCUT2D eigenvalue weighted by Crippen LogP contribution is 2.31. The molecule has 0 unspecified atom stereocenters. The summed E-state index contributed by atoms with van der Waals surface area (Å²) >= 11 is 9.57. The topological polar surface area (TPSA) is 45.6 Å². The van der Waals surface area contributed by atoms with E-state index in [0.717, 1.165) is 55.7 Å². The van der Waals surface area contributed by atoms with Crippen molar-refractivity contribution in [2.45, 2.75) is 24.8 Å². The fourth-order valence-electron chi connectivity index (χ4n) is 4.00. The first kappa shape index (κ1) is 21.8. The van der Waals surface area contributed by atoms with Gasteiger partial charge in [0.05, 0.1) is 5.52 Å². The van der Waals surface area contributed by atoms with Crippen LogP contribution in [-0.2, 0) is 16.6 Å². The monoisotopic (exact) mass is 509 g/mol. The number of rotatable bonds is 4. The van der Waals surface area contributed by atoms with Crippen LogP contribution in [0.15, 0.2) is 52.0 Å². The van der Waals surface area contributed by atoms with Gasteiger partial charge in [0, 0.05) is 40.7 Å². The van der Waals surface area contributed by atoms with Crippen molar-refractivity contribution in [2.75, 3.05) is 33.2 Å². The third-order valence-corrected chi connectivity index (χ3v) is 8.59. The lowest BCUT2D eigenvalue weighted by Crippen LogP contribution is -2.28. The summed E-state index contributed by atoms with van der Waals surface area (Å²) in [7, 11) is -1.62. The maximum absolute atomic E-state index is 13.6. The second-order valence-corrected chi connectivity index (χ2v) is 11.0. The van der Waals surface area contributed by atoms with Gasteiger partial charge in [-0.2, -0.15) is 0 Å². The molecule has 8 heteroatoms. The Bertz CT molecular complexity index is 1190. The Morgan fingerprint density at radius 3 is 2.67 bits per heavy atom. The van der Waals surface area contributed by atoms with Crippen molar-refractivity contribution in [1.82, 2.24) is 13.8 Å². The first-order valence-corrected chi connectivity index (χ1v) is 12.6. The molecule has 2 heterocycles. The van der Waals surface area contributed by atoms with Crippen LogP contribution in [-0.4, -0.2) is 55.4 Å². The number of aryl methyl sites for hydroxylation is 1. The van der Waals surface area contributed by atoms with Crippen molar-refractivity contribution in [3.05, 3.63) is 63.2 Å². The quantitative estimate of drug-likeness (QED) is 0.509. The Morgan fingerprint density at radius 1 is 1.07 bits per heavy atom. The van der Waals surface area contributed by atoms with E-state index in [1.54, 1.807) is 30.5 Å². The van der Waals surface area contributed by atoms with E-state index in [1.807, 2.05) is 19.1 Å². The summed E-state index contributed by atoms with van der Waals surface area (Å²) in [6.07, 6.45) is 2.79. The van der Waals surface area contributed by atoms with E-state index in [4.69, 9.17) is 11.6 Å². The van der Waals surface area contributed by atoms with Gasteiger partial charge in [-0.25, -0.2) is 12.4 Å². The predicted molar refractivity (Wildman–Crippen MR) is 126 cm³/mol. The summed E-state index contributed by atoms with van der Waals surface area (Å²) in [5.41, 5.74) is 2.50. The number of benzene rings is 2. The summed E-state index contributed by atoms with van der Waals surface area (Å²) in [6.45, 7) is 6.76. The van der Waals surface area contributed by atoms with E-state index in [0.29, 0.717) is 15.0 Å². The van der Waals surface area contributed by atoms with Gasteiger partial charge in [0.1, 0.15) is 4.90 Å². The van der Waals surface area contributed by atoms with Gasteiger partial charge in [0.25, 0.3) is 10.0 Å². The van der Waals surface area contributed by atoms with Gasteiger partial charge in [-0.05, 0) is 90.9 Å². The van der Waals surface area contributed by atoms with E-state index in [1.165, 1.54) is 3.97 Å².